The molecular formula is C18H28N2O2. The van der Waals surface area contributed by atoms with Gasteiger partial charge in [0.1, 0.15) is 0 Å². The zero-order chi connectivity index (χ0) is 16.2. The number of benzene rings is 1. The minimum atomic E-state index is 0.0201. The summed E-state index contributed by atoms with van der Waals surface area (Å²) in [5.41, 5.74) is 1.94. The van der Waals surface area contributed by atoms with Crippen LogP contribution in [0.2, 0.25) is 0 Å². The van der Waals surface area contributed by atoms with Crippen LogP contribution >= 0.6 is 0 Å². The van der Waals surface area contributed by atoms with Gasteiger partial charge in [-0.2, -0.15) is 0 Å². The Morgan fingerprint density at radius 2 is 1.73 bits per heavy atom. The van der Waals surface area contributed by atoms with Crippen LogP contribution in [-0.4, -0.2) is 16.8 Å². The van der Waals surface area contributed by atoms with E-state index in [0.717, 1.165) is 18.4 Å². The van der Waals surface area contributed by atoms with Gasteiger partial charge in [-0.3, -0.25) is 4.79 Å². The quantitative estimate of drug-likeness (QED) is 0.277. The van der Waals surface area contributed by atoms with E-state index in [1.807, 2.05) is 24.3 Å². The van der Waals surface area contributed by atoms with Gasteiger partial charge in [0, 0.05) is 17.7 Å². The number of hydrogen-bond acceptors (Lipinski definition) is 3. The maximum absolute atomic E-state index is 12.0. The number of anilines is 1. The van der Waals surface area contributed by atoms with Gasteiger partial charge >= 0.3 is 0 Å². The summed E-state index contributed by atoms with van der Waals surface area (Å²) < 4.78 is 0. The molecule has 0 atom stereocenters. The number of rotatable bonds is 10. The fourth-order valence-corrected chi connectivity index (χ4v) is 2.42. The van der Waals surface area contributed by atoms with Crippen LogP contribution in [0.4, 0.5) is 5.69 Å². The van der Waals surface area contributed by atoms with E-state index in [0.29, 0.717) is 17.8 Å². The molecule has 0 aliphatic carbocycles. The summed E-state index contributed by atoms with van der Waals surface area (Å²) in [6, 6.07) is 7.37. The van der Waals surface area contributed by atoms with E-state index >= 15 is 0 Å². The maximum atomic E-state index is 12.0. The fraction of sp³-hybridized carbons (Fsp3) is 0.556. The summed E-state index contributed by atoms with van der Waals surface area (Å²) >= 11 is 0. The molecule has 0 radical (unpaired) electrons. The van der Waals surface area contributed by atoms with Gasteiger partial charge in [-0.25, -0.2) is 0 Å². The Bertz CT molecular complexity index is 484. The molecule has 2 N–H and O–H groups in total. The van der Waals surface area contributed by atoms with Gasteiger partial charge in [-0.1, -0.05) is 68.8 Å². The van der Waals surface area contributed by atoms with Gasteiger partial charge in [0.15, 0.2) is 0 Å². The van der Waals surface area contributed by atoms with Gasteiger partial charge in [-0.15, -0.1) is 0 Å². The molecular weight excluding hydrogens is 276 g/mol. The third kappa shape index (κ3) is 6.74. The van der Waals surface area contributed by atoms with Crippen molar-refractivity contribution in [3.63, 3.8) is 0 Å². The molecule has 4 heteroatoms. The van der Waals surface area contributed by atoms with Crippen molar-refractivity contribution in [2.75, 3.05) is 5.32 Å². The van der Waals surface area contributed by atoms with Crippen molar-refractivity contribution in [1.29, 1.82) is 0 Å². The lowest BCUT2D eigenvalue weighted by molar-refractivity contribution is -0.116. The summed E-state index contributed by atoms with van der Waals surface area (Å²) in [5, 5.41) is 15.0. The Kier molecular flexibility index (Phi) is 8.96. The zero-order valence-corrected chi connectivity index (χ0v) is 13.8. The molecule has 1 amide bonds. The van der Waals surface area contributed by atoms with E-state index in [4.69, 9.17) is 5.21 Å². The van der Waals surface area contributed by atoms with Crippen molar-refractivity contribution < 1.29 is 10.0 Å². The zero-order valence-electron chi connectivity index (χ0n) is 13.8. The minimum absolute atomic E-state index is 0.0201. The summed E-state index contributed by atoms with van der Waals surface area (Å²) in [6.45, 7) is 3.92. The lowest BCUT2D eigenvalue weighted by atomic mass is 10.1. The molecule has 4 nitrogen and oxygen atoms in total. The highest BCUT2D eigenvalue weighted by atomic mass is 16.4. The van der Waals surface area contributed by atoms with Gasteiger partial charge in [0.05, 0.1) is 5.71 Å². The predicted octanol–water partition coefficient (Wildman–Crippen LogP) is 4.96. The lowest BCUT2D eigenvalue weighted by Crippen LogP contribution is -2.13. The molecule has 0 heterocycles. The largest absolute Gasteiger partial charge is 0.411 e. The molecule has 0 bridgehead atoms. The van der Waals surface area contributed by atoms with Gasteiger partial charge in [-0.05, 0) is 19.4 Å². The van der Waals surface area contributed by atoms with Gasteiger partial charge < -0.3 is 10.5 Å². The third-order valence-electron chi connectivity index (χ3n) is 3.75. The molecule has 0 aliphatic heterocycles. The number of carbonyl (C=O) groups excluding carboxylic acids is 1. The van der Waals surface area contributed by atoms with E-state index in [-0.39, 0.29) is 5.91 Å². The summed E-state index contributed by atoms with van der Waals surface area (Å²) in [6.07, 6.45) is 8.92. The molecule has 0 unspecified atom stereocenters. The van der Waals surface area contributed by atoms with Crippen LogP contribution in [0.15, 0.2) is 29.4 Å². The molecule has 1 aromatic rings. The Hall–Kier alpha value is -1.84. The highest BCUT2D eigenvalue weighted by Crippen LogP contribution is 2.17. The first-order chi connectivity index (χ1) is 10.7. The molecule has 0 saturated heterocycles. The van der Waals surface area contributed by atoms with Crippen LogP contribution in [0.3, 0.4) is 0 Å². The van der Waals surface area contributed by atoms with Gasteiger partial charge in [0.2, 0.25) is 5.91 Å². The molecule has 22 heavy (non-hydrogen) atoms. The van der Waals surface area contributed by atoms with Crippen LogP contribution < -0.4 is 5.32 Å². The summed E-state index contributed by atoms with van der Waals surface area (Å²) in [7, 11) is 0. The van der Waals surface area contributed by atoms with E-state index in [2.05, 4.69) is 17.4 Å². The van der Waals surface area contributed by atoms with Crippen LogP contribution in [-0.2, 0) is 4.79 Å². The van der Waals surface area contributed by atoms with E-state index in [1.54, 1.807) is 6.92 Å². The first kappa shape index (κ1) is 18.2. The summed E-state index contributed by atoms with van der Waals surface area (Å²) in [5.74, 6) is 0.0201. The van der Waals surface area contributed by atoms with Crippen molar-refractivity contribution in [2.45, 2.75) is 65.2 Å². The monoisotopic (exact) mass is 304 g/mol. The third-order valence-corrected chi connectivity index (χ3v) is 3.75. The number of unbranched alkanes of at least 4 members (excludes halogenated alkanes) is 6. The van der Waals surface area contributed by atoms with Gasteiger partial charge in [0.25, 0.3) is 0 Å². The second-order valence-corrected chi connectivity index (χ2v) is 5.65. The standard InChI is InChI=1S/C18H28N2O2/c1-3-4-5-6-7-8-9-14-18(21)19-17-13-11-10-12-16(17)15(2)20-22/h10-13,22H,3-9,14H2,1-2H3,(H,19,21)/b20-15-. The number of carbonyl (C=O) groups is 1. The smallest absolute Gasteiger partial charge is 0.224 e. The van der Waals surface area contributed by atoms with E-state index in [9.17, 15) is 4.79 Å². The van der Waals surface area contributed by atoms with E-state index in [1.165, 1.54) is 32.1 Å². The number of nitrogens with one attached hydrogen (secondary N) is 1. The van der Waals surface area contributed by atoms with Crippen molar-refractivity contribution in [3.05, 3.63) is 29.8 Å². The average molecular weight is 304 g/mol. The molecule has 122 valence electrons. The first-order valence-corrected chi connectivity index (χ1v) is 8.27. The van der Waals surface area contributed by atoms with Crippen LogP contribution in [0.25, 0.3) is 0 Å². The van der Waals surface area contributed by atoms with Crippen LogP contribution in [0.5, 0.6) is 0 Å². The Labute approximate surface area is 133 Å². The minimum Gasteiger partial charge on any atom is -0.411 e. The topological polar surface area (TPSA) is 61.7 Å². The number of oxime groups is 1. The SMILES string of the molecule is CCCCCCCCCC(=O)Nc1ccccc1/C(C)=N\O. The predicted molar refractivity (Wildman–Crippen MR) is 91.7 cm³/mol. The Morgan fingerprint density at radius 1 is 1.09 bits per heavy atom. The number of para-hydroxylation sites is 1. The van der Waals surface area contributed by atoms with Crippen molar-refractivity contribution in [3.8, 4) is 0 Å². The maximum Gasteiger partial charge on any atom is 0.224 e. The second-order valence-electron chi connectivity index (χ2n) is 5.65. The highest BCUT2D eigenvalue weighted by molar-refractivity contribution is 6.06. The van der Waals surface area contributed by atoms with Crippen molar-refractivity contribution in [2.24, 2.45) is 5.16 Å². The number of hydrogen-bond donors (Lipinski definition) is 2. The average Bonchev–Trinajstić information content (AvgIpc) is 2.54. The molecule has 0 aromatic heterocycles. The molecule has 1 aromatic carbocycles. The first-order valence-electron chi connectivity index (χ1n) is 8.27. The normalized spacial score (nSPS) is 11.5. The number of amides is 1. The second kappa shape index (κ2) is 10.8. The van der Waals surface area contributed by atoms with E-state index < -0.39 is 0 Å². The van der Waals surface area contributed by atoms with Crippen molar-refractivity contribution in [1.82, 2.24) is 0 Å². The molecule has 0 saturated carbocycles. The Balaban J connectivity index is 2.34. The molecule has 1 rings (SSSR count). The Morgan fingerprint density at radius 3 is 2.41 bits per heavy atom. The summed E-state index contributed by atoms with van der Waals surface area (Å²) in [4.78, 5) is 12.0. The lowest BCUT2D eigenvalue weighted by Gasteiger charge is -2.10. The highest BCUT2D eigenvalue weighted by Gasteiger charge is 2.08. The number of nitrogens with zero attached hydrogens (tertiary/aromatic N) is 1. The fourth-order valence-electron chi connectivity index (χ4n) is 2.42. The molecule has 0 fully saturated rings. The van der Waals surface area contributed by atoms with Crippen LogP contribution in [0, 0.1) is 0 Å². The molecule has 0 aliphatic rings. The molecule has 0 spiro atoms. The van der Waals surface area contributed by atoms with Crippen molar-refractivity contribution >= 4 is 17.3 Å². The van der Waals surface area contributed by atoms with Crippen LogP contribution in [0.1, 0.15) is 70.8 Å².